The maximum atomic E-state index is 6.17. The Hall–Kier alpha value is -0.0800. The summed E-state index contributed by atoms with van der Waals surface area (Å²) in [5.74, 6) is 1.77. The molecular formula is C24H43IN4O. The van der Waals surface area contributed by atoms with Crippen LogP contribution < -0.4 is 10.6 Å². The highest BCUT2D eigenvalue weighted by Crippen LogP contribution is 2.60. The fraction of sp³-hybridized carbons (Fsp3) is 0.958. The SMILES string of the molecule is CCN=C(NC1CCN(C2CCCCC2)CC1)NC1C2CCOC2C12CCCC2.I. The molecule has 172 valence electrons. The average Bonchev–Trinajstić information content (AvgIpc) is 3.42. The van der Waals surface area contributed by atoms with E-state index in [4.69, 9.17) is 9.73 Å². The number of nitrogens with one attached hydrogen (secondary N) is 2. The zero-order valence-electron chi connectivity index (χ0n) is 18.9. The molecule has 5 nitrogen and oxygen atoms in total. The molecule has 5 aliphatic rings. The molecule has 0 bridgehead atoms. The van der Waals surface area contributed by atoms with Gasteiger partial charge in [0.15, 0.2) is 5.96 Å². The van der Waals surface area contributed by atoms with Crippen LogP contribution in [-0.2, 0) is 4.74 Å². The van der Waals surface area contributed by atoms with Crippen molar-refractivity contribution in [3.8, 4) is 0 Å². The molecule has 3 atom stereocenters. The largest absolute Gasteiger partial charge is 0.377 e. The van der Waals surface area contributed by atoms with Crippen LogP contribution in [0, 0.1) is 11.3 Å². The van der Waals surface area contributed by atoms with Gasteiger partial charge in [0.25, 0.3) is 0 Å². The lowest BCUT2D eigenvalue weighted by molar-refractivity contribution is -0.125. The Morgan fingerprint density at radius 3 is 2.40 bits per heavy atom. The summed E-state index contributed by atoms with van der Waals surface area (Å²) >= 11 is 0. The number of piperidine rings is 1. The van der Waals surface area contributed by atoms with E-state index in [1.807, 2.05) is 0 Å². The molecule has 0 aromatic heterocycles. The molecule has 5 fully saturated rings. The van der Waals surface area contributed by atoms with Gasteiger partial charge in [-0.15, -0.1) is 24.0 Å². The monoisotopic (exact) mass is 530 g/mol. The number of nitrogens with zero attached hydrogens (tertiary/aromatic N) is 2. The van der Waals surface area contributed by atoms with E-state index in [2.05, 4.69) is 22.5 Å². The van der Waals surface area contributed by atoms with Gasteiger partial charge in [0.1, 0.15) is 0 Å². The molecular weight excluding hydrogens is 487 g/mol. The topological polar surface area (TPSA) is 48.9 Å². The molecule has 2 aliphatic heterocycles. The Morgan fingerprint density at radius 1 is 0.967 bits per heavy atom. The Balaban J connectivity index is 0.00000218. The first-order valence-corrected chi connectivity index (χ1v) is 12.7. The number of guanidine groups is 1. The molecule has 3 aliphatic carbocycles. The Labute approximate surface area is 200 Å². The normalized spacial score (nSPS) is 35.0. The number of likely N-dealkylation sites (tertiary alicyclic amines) is 1. The van der Waals surface area contributed by atoms with Crippen LogP contribution in [0.5, 0.6) is 0 Å². The number of hydrogen-bond acceptors (Lipinski definition) is 3. The third-order valence-electron chi connectivity index (χ3n) is 8.86. The van der Waals surface area contributed by atoms with Crippen LogP contribution in [-0.4, -0.2) is 61.3 Å². The van der Waals surface area contributed by atoms with Gasteiger partial charge in [0.05, 0.1) is 6.10 Å². The van der Waals surface area contributed by atoms with Crippen molar-refractivity contribution in [3.63, 3.8) is 0 Å². The van der Waals surface area contributed by atoms with Crippen molar-refractivity contribution >= 4 is 29.9 Å². The van der Waals surface area contributed by atoms with Gasteiger partial charge in [0.2, 0.25) is 0 Å². The van der Waals surface area contributed by atoms with Crippen LogP contribution >= 0.6 is 24.0 Å². The van der Waals surface area contributed by atoms with E-state index in [0.29, 0.717) is 29.5 Å². The summed E-state index contributed by atoms with van der Waals surface area (Å²) in [4.78, 5) is 7.64. The van der Waals surface area contributed by atoms with E-state index in [9.17, 15) is 0 Å². The molecule has 30 heavy (non-hydrogen) atoms. The predicted molar refractivity (Wildman–Crippen MR) is 134 cm³/mol. The lowest BCUT2D eigenvalue weighted by atomic mass is 9.54. The smallest absolute Gasteiger partial charge is 0.191 e. The third kappa shape index (κ3) is 4.39. The van der Waals surface area contributed by atoms with Crippen LogP contribution in [0.4, 0.5) is 0 Å². The van der Waals surface area contributed by atoms with Gasteiger partial charge in [-0.3, -0.25) is 4.99 Å². The van der Waals surface area contributed by atoms with Crippen LogP contribution in [0.1, 0.15) is 84.0 Å². The molecule has 6 heteroatoms. The quantitative estimate of drug-likeness (QED) is 0.323. The molecule has 0 aromatic rings. The summed E-state index contributed by atoms with van der Waals surface area (Å²) in [7, 11) is 0. The van der Waals surface area contributed by atoms with Crippen molar-refractivity contribution in [1.82, 2.24) is 15.5 Å². The second kappa shape index (κ2) is 10.2. The van der Waals surface area contributed by atoms with Crippen molar-refractivity contribution in [1.29, 1.82) is 0 Å². The number of fused-ring (bicyclic) bond motifs is 2. The average molecular weight is 531 g/mol. The number of aliphatic imine (C=N–C) groups is 1. The molecule has 0 amide bonds. The Bertz CT molecular complexity index is 580. The van der Waals surface area contributed by atoms with Gasteiger partial charge < -0.3 is 20.3 Å². The van der Waals surface area contributed by atoms with Gasteiger partial charge in [-0.1, -0.05) is 32.1 Å². The minimum atomic E-state index is 0. The first-order chi connectivity index (χ1) is 14.3. The van der Waals surface area contributed by atoms with E-state index >= 15 is 0 Å². The van der Waals surface area contributed by atoms with Gasteiger partial charge in [0, 0.05) is 55.7 Å². The van der Waals surface area contributed by atoms with Crippen LogP contribution in [0.25, 0.3) is 0 Å². The Morgan fingerprint density at radius 2 is 1.70 bits per heavy atom. The second-order valence-electron chi connectivity index (χ2n) is 10.4. The Kier molecular flexibility index (Phi) is 7.88. The number of halogens is 1. The van der Waals surface area contributed by atoms with Crippen molar-refractivity contribution < 1.29 is 4.74 Å². The number of rotatable bonds is 4. The van der Waals surface area contributed by atoms with Crippen molar-refractivity contribution in [2.75, 3.05) is 26.2 Å². The highest BCUT2D eigenvalue weighted by Gasteiger charge is 2.65. The van der Waals surface area contributed by atoms with E-state index in [1.165, 1.54) is 90.1 Å². The fourth-order valence-corrected chi connectivity index (χ4v) is 7.39. The first kappa shape index (κ1) is 23.1. The molecule has 2 saturated heterocycles. The highest BCUT2D eigenvalue weighted by atomic mass is 127. The first-order valence-electron chi connectivity index (χ1n) is 12.7. The summed E-state index contributed by atoms with van der Waals surface area (Å²) in [5.41, 5.74) is 0.391. The number of ether oxygens (including phenoxy) is 1. The molecule has 0 radical (unpaired) electrons. The summed E-state index contributed by atoms with van der Waals surface area (Å²) < 4.78 is 6.17. The van der Waals surface area contributed by atoms with Crippen LogP contribution in [0.15, 0.2) is 4.99 Å². The fourth-order valence-electron chi connectivity index (χ4n) is 7.39. The summed E-state index contributed by atoms with van der Waals surface area (Å²) in [6, 6.07) is 2.00. The molecule has 1 spiro atoms. The third-order valence-corrected chi connectivity index (χ3v) is 8.86. The van der Waals surface area contributed by atoms with E-state index < -0.39 is 0 Å². The van der Waals surface area contributed by atoms with Gasteiger partial charge in [-0.2, -0.15) is 0 Å². The molecule has 3 unspecified atom stereocenters. The minimum absolute atomic E-state index is 0. The van der Waals surface area contributed by atoms with Crippen molar-refractivity contribution in [3.05, 3.63) is 0 Å². The predicted octanol–water partition coefficient (Wildman–Crippen LogP) is 4.30. The van der Waals surface area contributed by atoms with Crippen molar-refractivity contribution in [2.45, 2.75) is 108 Å². The standard InChI is InChI=1S/C24H42N4O.HI/c1-2-25-23(26-18-10-15-28(16-11-18)19-8-4-3-5-9-19)27-21-20-12-17-29-22(20)24(21)13-6-7-14-24;/h18-22H,2-17H2,1H3,(H2,25,26,27);1H. The molecule has 2 heterocycles. The van der Waals surface area contributed by atoms with Crippen LogP contribution in [0.3, 0.4) is 0 Å². The highest BCUT2D eigenvalue weighted by molar-refractivity contribution is 14.0. The van der Waals surface area contributed by atoms with E-state index in [1.54, 1.807) is 0 Å². The molecule has 0 aromatic carbocycles. The zero-order chi connectivity index (χ0) is 19.7. The maximum absolute atomic E-state index is 6.17. The molecule has 2 N–H and O–H groups in total. The van der Waals surface area contributed by atoms with Crippen LogP contribution in [0.2, 0.25) is 0 Å². The van der Waals surface area contributed by atoms with Gasteiger partial charge >= 0.3 is 0 Å². The lowest BCUT2D eigenvalue weighted by Gasteiger charge is -2.57. The summed E-state index contributed by atoms with van der Waals surface area (Å²) in [5, 5.41) is 7.76. The maximum Gasteiger partial charge on any atom is 0.191 e. The van der Waals surface area contributed by atoms with E-state index in [0.717, 1.165) is 25.2 Å². The summed E-state index contributed by atoms with van der Waals surface area (Å²) in [6.07, 6.45) is 16.9. The lowest BCUT2D eigenvalue weighted by Crippen LogP contribution is -2.69. The molecule has 3 saturated carbocycles. The minimum Gasteiger partial charge on any atom is -0.377 e. The van der Waals surface area contributed by atoms with Gasteiger partial charge in [-0.25, -0.2) is 0 Å². The van der Waals surface area contributed by atoms with Crippen molar-refractivity contribution in [2.24, 2.45) is 16.3 Å². The second-order valence-corrected chi connectivity index (χ2v) is 10.4. The molecule has 5 rings (SSSR count). The number of hydrogen-bond donors (Lipinski definition) is 2. The zero-order valence-corrected chi connectivity index (χ0v) is 21.2. The van der Waals surface area contributed by atoms with Gasteiger partial charge in [-0.05, 0) is 51.9 Å². The van der Waals surface area contributed by atoms with E-state index in [-0.39, 0.29) is 24.0 Å². The summed E-state index contributed by atoms with van der Waals surface area (Å²) in [6.45, 7) is 6.48.